The molecule has 3 rings (SSSR count). The van der Waals surface area contributed by atoms with Crippen molar-refractivity contribution in [2.45, 2.75) is 19.9 Å². The molecule has 0 unspecified atom stereocenters. The minimum absolute atomic E-state index is 0.00894. The first-order valence-electron chi connectivity index (χ1n) is 10.1. The second-order valence-electron chi connectivity index (χ2n) is 7.54. The molecule has 0 saturated carbocycles. The fraction of sp³-hybridized carbons (Fsp3) is 0.200. The standard InChI is InChI=1S/C25H26BrN3O2/c1-17-14-21(26)12-13-23(17)28-24(30)16-29(3)18(2)20-10-7-11-22(15-20)27-25(31)19-8-5-4-6-9-19/h4-15,18H,16H2,1-3H3,(H,27,31)(H,28,30)/t18-/m0/s1. The summed E-state index contributed by atoms with van der Waals surface area (Å²) in [6.45, 7) is 4.25. The lowest BCUT2D eigenvalue weighted by molar-refractivity contribution is -0.117. The van der Waals surface area contributed by atoms with Crippen molar-refractivity contribution in [1.29, 1.82) is 0 Å². The normalized spacial score (nSPS) is 11.8. The van der Waals surface area contributed by atoms with Crippen molar-refractivity contribution >= 4 is 39.1 Å². The Morgan fingerprint density at radius 3 is 2.42 bits per heavy atom. The zero-order valence-electron chi connectivity index (χ0n) is 17.9. The van der Waals surface area contributed by atoms with E-state index in [1.54, 1.807) is 12.1 Å². The Hall–Kier alpha value is -2.96. The topological polar surface area (TPSA) is 61.4 Å². The highest BCUT2D eigenvalue weighted by Crippen LogP contribution is 2.23. The molecule has 0 radical (unpaired) electrons. The summed E-state index contributed by atoms with van der Waals surface area (Å²) in [4.78, 5) is 26.9. The van der Waals surface area contributed by atoms with Crippen molar-refractivity contribution in [1.82, 2.24) is 4.90 Å². The Bertz CT molecular complexity index is 1070. The van der Waals surface area contributed by atoms with Gasteiger partial charge in [-0.2, -0.15) is 0 Å². The molecule has 0 aromatic heterocycles. The lowest BCUT2D eigenvalue weighted by Gasteiger charge is -2.25. The summed E-state index contributed by atoms with van der Waals surface area (Å²) in [7, 11) is 1.91. The van der Waals surface area contributed by atoms with E-state index in [0.29, 0.717) is 5.56 Å². The smallest absolute Gasteiger partial charge is 0.255 e. The van der Waals surface area contributed by atoms with E-state index in [1.807, 2.05) is 86.5 Å². The highest BCUT2D eigenvalue weighted by atomic mass is 79.9. The lowest BCUT2D eigenvalue weighted by Crippen LogP contribution is -2.32. The fourth-order valence-corrected chi connectivity index (χ4v) is 3.72. The third kappa shape index (κ3) is 6.26. The van der Waals surface area contributed by atoms with Crippen LogP contribution in [0.25, 0.3) is 0 Å². The summed E-state index contributed by atoms with van der Waals surface area (Å²) >= 11 is 3.43. The SMILES string of the molecule is Cc1cc(Br)ccc1NC(=O)CN(C)[C@@H](C)c1cccc(NC(=O)c2ccccc2)c1. The summed E-state index contributed by atoms with van der Waals surface area (Å²) in [6.07, 6.45) is 0. The number of amides is 2. The molecule has 160 valence electrons. The van der Waals surface area contributed by atoms with Crippen LogP contribution in [0.15, 0.2) is 77.3 Å². The summed E-state index contributed by atoms with van der Waals surface area (Å²) in [6, 6.07) is 22.6. The van der Waals surface area contributed by atoms with E-state index in [9.17, 15) is 9.59 Å². The Morgan fingerprint density at radius 1 is 0.968 bits per heavy atom. The molecule has 0 bridgehead atoms. The minimum Gasteiger partial charge on any atom is -0.325 e. The minimum atomic E-state index is -0.150. The number of benzene rings is 3. The van der Waals surface area contributed by atoms with Crippen LogP contribution in [-0.4, -0.2) is 30.3 Å². The summed E-state index contributed by atoms with van der Waals surface area (Å²) in [5, 5.41) is 5.91. The number of aryl methyl sites for hydroxylation is 1. The zero-order valence-corrected chi connectivity index (χ0v) is 19.4. The average molecular weight is 480 g/mol. The molecule has 0 fully saturated rings. The van der Waals surface area contributed by atoms with Gasteiger partial charge in [0.2, 0.25) is 5.91 Å². The highest BCUT2D eigenvalue weighted by molar-refractivity contribution is 9.10. The van der Waals surface area contributed by atoms with Gasteiger partial charge in [-0.1, -0.05) is 46.3 Å². The number of halogens is 1. The molecule has 0 spiro atoms. The van der Waals surface area contributed by atoms with Crippen LogP contribution in [0, 0.1) is 6.92 Å². The first-order chi connectivity index (χ1) is 14.8. The Kier molecular flexibility index (Phi) is 7.60. The van der Waals surface area contributed by atoms with Crippen molar-refractivity contribution in [3.8, 4) is 0 Å². The molecule has 2 N–H and O–H groups in total. The van der Waals surface area contributed by atoms with E-state index in [2.05, 4.69) is 26.6 Å². The zero-order chi connectivity index (χ0) is 22.4. The molecule has 5 nitrogen and oxygen atoms in total. The second kappa shape index (κ2) is 10.4. The molecule has 0 heterocycles. The molecule has 0 saturated heterocycles. The highest BCUT2D eigenvalue weighted by Gasteiger charge is 2.16. The van der Waals surface area contributed by atoms with E-state index in [0.717, 1.165) is 27.0 Å². The van der Waals surface area contributed by atoms with Crippen LogP contribution in [-0.2, 0) is 4.79 Å². The maximum Gasteiger partial charge on any atom is 0.255 e. The third-order valence-electron chi connectivity index (χ3n) is 5.18. The molecular formula is C25H26BrN3O2. The molecule has 6 heteroatoms. The van der Waals surface area contributed by atoms with Crippen LogP contribution >= 0.6 is 15.9 Å². The molecule has 0 aliphatic rings. The van der Waals surface area contributed by atoms with E-state index in [1.165, 1.54) is 0 Å². The Morgan fingerprint density at radius 2 is 1.71 bits per heavy atom. The van der Waals surface area contributed by atoms with E-state index < -0.39 is 0 Å². The van der Waals surface area contributed by atoms with Gasteiger partial charge in [0, 0.05) is 27.5 Å². The molecule has 3 aromatic carbocycles. The number of nitrogens with one attached hydrogen (secondary N) is 2. The van der Waals surface area contributed by atoms with Gasteiger partial charge in [-0.05, 0) is 74.5 Å². The third-order valence-corrected chi connectivity index (χ3v) is 5.67. The predicted molar refractivity (Wildman–Crippen MR) is 129 cm³/mol. The Labute approximate surface area is 191 Å². The van der Waals surface area contributed by atoms with Gasteiger partial charge in [0.25, 0.3) is 5.91 Å². The monoisotopic (exact) mass is 479 g/mol. The van der Waals surface area contributed by atoms with Crippen LogP contribution < -0.4 is 10.6 Å². The number of nitrogens with zero attached hydrogens (tertiary/aromatic N) is 1. The number of anilines is 2. The number of carbonyl (C=O) groups excluding carboxylic acids is 2. The first-order valence-corrected chi connectivity index (χ1v) is 10.9. The number of likely N-dealkylation sites (N-methyl/N-ethyl adjacent to an activating group) is 1. The molecule has 0 aliphatic heterocycles. The van der Waals surface area contributed by atoms with E-state index in [4.69, 9.17) is 0 Å². The van der Waals surface area contributed by atoms with Gasteiger partial charge in [0.15, 0.2) is 0 Å². The van der Waals surface area contributed by atoms with Crippen LogP contribution in [0.2, 0.25) is 0 Å². The first kappa shape index (κ1) is 22.7. The molecule has 0 aliphatic carbocycles. The molecule has 2 amide bonds. The summed E-state index contributed by atoms with van der Waals surface area (Å²) in [5.41, 5.74) is 4.15. The average Bonchev–Trinajstić information content (AvgIpc) is 2.76. The summed E-state index contributed by atoms with van der Waals surface area (Å²) in [5.74, 6) is -0.226. The van der Waals surface area contributed by atoms with Gasteiger partial charge in [0.05, 0.1) is 6.54 Å². The second-order valence-corrected chi connectivity index (χ2v) is 8.46. The molecule has 3 aromatic rings. The van der Waals surface area contributed by atoms with Crippen LogP contribution in [0.5, 0.6) is 0 Å². The number of carbonyl (C=O) groups is 2. The largest absolute Gasteiger partial charge is 0.325 e. The van der Waals surface area contributed by atoms with Crippen molar-refractivity contribution < 1.29 is 9.59 Å². The van der Waals surface area contributed by atoms with Gasteiger partial charge in [-0.3, -0.25) is 14.5 Å². The van der Waals surface area contributed by atoms with Gasteiger partial charge >= 0.3 is 0 Å². The summed E-state index contributed by atoms with van der Waals surface area (Å²) < 4.78 is 0.980. The van der Waals surface area contributed by atoms with Gasteiger partial charge in [-0.15, -0.1) is 0 Å². The molecular weight excluding hydrogens is 454 g/mol. The predicted octanol–water partition coefficient (Wildman–Crippen LogP) is 5.64. The number of hydrogen-bond donors (Lipinski definition) is 2. The Balaban J connectivity index is 1.62. The van der Waals surface area contributed by atoms with Crippen LogP contribution in [0.3, 0.4) is 0 Å². The lowest BCUT2D eigenvalue weighted by atomic mass is 10.1. The number of rotatable bonds is 7. The number of hydrogen-bond acceptors (Lipinski definition) is 3. The van der Waals surface area contributed by atoms with E-state index in [-0.39, 0.29) is 24.4 Å². The van der Waals surface area contributed by atoms with Gasteiger partial charge < -0.3 is 10.6 Å². The maximum atomic E-state index is 12.5. The quantitative estimate of drug-likeness (QED) is 0.460. The van der Waals surface area contributed by atoms with Crippen molar-refractivity contribution in [3.63, 3.8) is 0 Å². The van der Waals surface area contributed by atoms with Crippen molar-refractivity contribution in [2.24, 2.45) is 0 Å². The van der Waals surface area contributed by atoms with Crippen molar-refractivity contribution in [3.05, 3.63) is 94.0 Å². The van der Waals surface area contributed by atoms with Crippen molar-refractivity contribution in [2.75, 3.05) is 24.2 Å². The van der Waals surface area contributed by atoms with Crippen LogP contribution in [0.1, 0.15) is 34.5 Å². The fourth-order valence-electron chi connectivity index (χ4n) is 3.24. The van der Waals surface area contributed by atoms with E-state index >= 15 is 0 Å². The molecule has 31 heavy (non-hydrogen) atoms. The van der Waals surface area contributed by atoms with Gasteiger partial charge in [-0.25, -0.2) is 0 Å². The molecule has 1 atom stereocenters. The van der Waals surface area contributed by atoms with Crippen LogP contribution in [0.4, 0.5) is 11.4 Å². The van der Waals surface area contributed by atoms with Gasteiger partial charge in [0.1, 0.15) is 0 Å². The maximum absolute atomic E-state index is 12.5.